The first-order valence-corrected chi connectivity index (χ1v) is 7.25. The van der Waals surface area contributed by atoms with Crippen molar-refractivity contribution in [2.24, 2.45) is 0 Å². The van der Waals surface area contributed by atoms with Crippen molar-refractivity contribution in [2.75, 3.05) is 18.5 Å². The van der Waals surface area contributed by atoms with Gasteiger partial charge in [0.2, 0.25) is 0 Å². The highest BCUT2D eigenvalue weighted by atomic mass is 16.6. The zero-order valence-corrected chi connectivity index (χ0v) is 13.3. The van der Waals surface area contributed by atoms with E-state index in [0.717, 1.165) is 22.9 Å². The molecule has 0 fully saturated rings. The number of nitro groups is 2. The number of anilines is 1. The third kappa shape index (κ3) is 4.19. The Morgan fingerprint density at radius 1 is 1.04 bits per heavy atom. The Labute approximate surface area is 138 Å². The van der Waals surface area contributed by atoms with Crippen LogP contribution in [-0.2, 0) is 0 Å². The second-order valence-corrected chi connectivity index (χ2v) is 5.26. The van der Waals surface area contributed by atoms with E-state index in [9.17, 15) is 20.2 Å². The van der Waals surface area contributed by atoms with Crippen molar-refractivity contribution >= 4 is 17.1 Å². The fourth-order valence-corrected chi connectivity index (χ4v) is 2.24. The number of hydrogen-bond acceptors (Lipinski definition) is 6. The molecule has 0 radical (unpaired) electrons. The van der Waals surface area contributed by atoms with E-state index in [2.05, 4.69) is 5.32 Å². The number of rotatable bonds is 7. The van der Waals surface area contributed by atoms with Gasteiger partial charge in [-0.05, 0) is 31.5 Å². The molecule has 2 aromatic rings. The first kappa shape index (κ1) is 17.2. The fraction of sp³-hybridized carbons (Fsp3) is 0.250. The van der Waals surface area contributed by atoms with Crippen LogP contribution in [0, 0.1) is 34.1 Å². The standard InChI is InChI=1S/C16H17N3O5/c1-11-3-6-16(12(2)9-11)24-8-7-17-14-5-4-13(18(20)21)10-15(14)19(22)23/h3-6,9-10,17H,7-8H2,1-2H3. The van der Waals surface area contributed by atoms with E-state index in [0.29, 0.717) is 13.2 Å². The maximum Gasteiger partial charge on any atom is 0.299 e. The zero-order valence-electron chi connectivity index (χ0n) is 13.3. The largest absolute Gasteiger partial charge is 0.491 e. The van der Waals surface area contributed by atoms with Gasteiger partial charge in [-0.15, -0.1) is 0 Å². The molecule has 2 rings (SSSR count). The van der Waals surface area contributed by atoms with Gasteiger partial charge in [0.05, 0.1) is 15.9 Å². The van der Waals surface area contributed by atoms with Gasteiger partial charge in [0.1, 0.15) is 18.0 Å². The lowest BCUT2D eigenvalue weighted by atomic mass is 10.1. The number of aryl methyl sites for hydroxylation is 2. The van der Waals surface area contributed by atoms with Crippen LogP contribution in [0.1, 0.15) is 11.1 Å². The van der Waals surface area contributed by atoms with Crippen LogP contribution in [0.4, 0.5) is 17.1 Å². The Balaban J connectivity index is 1.99. The summed E-state index contributed by atoms with van der Waals surface area (Å²) in [6, 6.07) is 9.31. The summed E-state index contributed by atoms with van der Waals surface area (Å²) in [7, 11) is 0. The van der Waals surface area contributed by atoms with Gasteiger partial charge < -0.3 is 10.1 Å². The van der Waals surface area contributed by atoms with Crippen LogP contribution in [0.5, 0.6) is 5.75 Å². The minimum absolute atomic E-state index is 0.217. The average molecular weight is 331 g/mol. The second kappa shape index (κ2) is 7.40. The van der Waals surface area contributed by atoms with Gasteiger partial charge >= 0.3 is 0 Å². The molecule has 8 heteroatoms. The van der Waals surface area contributed by atoms with Crippen molar-refractivity contribution in [3.05, 3.63) is 67.8 Å². The molecule has 0 unspecified atom stereocenters. The Morgan fingerprint density at radius 2 is 1.79 bits per heavy atom. The predicted molar refractivity (Wildman–Crippen MR) is 89.7 cm³/mol. The fourth-order valence-electron chi connectivity index (χ4n) is 2.24. The zero-order chi connectivity index (χ0) is 17.7. The SMILES string of the molecule is Cc1ccc(OCCNc2ccc([N+](=O)[O-])cc2[N+](=O)[O-])c(C)c1. The van der Waals surface area contributed by atoms with Crippen molar-refractivity contribution in [2.45, 2.75) is 13.8 Å². The molecular formula is C16H17N3O5. The van der Waals surface area contributed by atoms with E-state index in [4.69, 9.17) is 4.74 Å². The molecule has 24 heavy (non-hydrogen) atoms. The summed E-state index contributed by atoms with van der Waals surface area (Å²) < 4.78 is 5.64. The van der Waals surface area contributed by atoms with Gasteiger partial charge in [0, 0.05) is 12.6 Å². The third-order valence-corrected chi connectivity index (χ3v) is 3.39. The summed E-state index contributed by atoms with van der Waals surface area (Å²) >= 11 is 0. The molecule has 0 amide bonds. The number of nitrogens with zero attached hydrogens (tertiary/aromatic N) is 2. The molecule has 126 valence electrons. The summed E-state index contributed by atoms with van der Waals surface area (Å²) in [5.74, 6) is 0.751. The first-order valence-electron chi connectivity index (χ1n) is 7.25. The maximum atomic E-state index is 11.0. The van der Waals surface area contributed by atoms with Crippen LogP contribution < -0.4 is 10.1 Å². The molecular weight excluding hydrogens is 314 g/mol. The molecule has 0 aliphatic heterocycles. The lowest BCUT2D eigenvalue weighted by Crippen LogP contribution is -2.13. The quantitative estimate of drug-likeness (QED) is 0.472. The van der Waals surface area contributed by atoms with Gasteiger partial charge in [0.15, 0.2) is 0 Å². The Morgan fingerprint density at radius 3 is 2.42 bits per heavy atom. The van der Waals surface area contributed by atoms with Crippen molar-refractivity contribution in [1.82, 2.24) is 0 Å². The molecule has 0 saturated carbocycles. The van der Waals surface area contributed by atoms with Crippen LogP contribution in [0.2, 0.25) is 0 Å². The Bertz CT molecular complexity index is 776. The van der Waals surface area contributed by atoms with E-state index in [1.54, 1.807) is 0 Å². The van der Waals surface area contributed by atoms with E-state index in [1.807, 2.05) is 32.0 Å². The Hall–Kier alpha value is -3.16. The van der Waals surface area contributed by atoms with Crippen molar-refractivity contribution in [1.29, 1.82) is 0 Å². The number of nitro benzene ring substituents is 2. The first-order chi connectivity index (χ1) is 11.4. The lowest BCUT2D eigenvalue weighted by molar-refractivity contribution is -0.393. The van der Waals surface area contributed by atoms with Crippen molar-refractivity contribution in [3.63, 3.8) is 0 Å². The Kier molecular flexibility index (Phi) is 5.31. The topological polar surface area (TPSA) is 108 Å². The molecule has 0 atom stereocenters. The van der Waals surface area contributed by atoms with Crippen LogP contribution in [0.15, 0.2) is 36.4 Å². The summed E-state index contributed by atoms with van der Waals surface area (Å²) in [4.78, 5) is 20.4. The van der Waals surface area contributed by atoms with Gasteiger partial charge in [-0.3, -0.25) is 20.2 Å². The van der Waals surface area contributed by atoms with E-state index < -0.39 is 9.85 Å². The molecule has 0 spiro atoms. The van der Waals surface area contributed by atoms with Crippen LogP contribution in [-0.4, -0.2) is 23.0 Å². The van der Waals surface area contributed by atoms with E-state index in [-0.39, 0.29) is 17.1 Å². The number of hydrogen-bond donors (Lipinski definition) is 1. The van der Waals surface area contributed by atoms with Crippen molar-refractivity contribution in [3.8, 4) is 5.75 Å². The van der Waals surface area contributed by atoms with Crippen LogP contribution >= 0.6 is 0 Å². The van der Waals surface area contributed by atoms with Crippen LogP contribution in [0.25, 0.3) is 0 Å². The van der Waals surface area contributed by atoms with E-state index >= 15 is 0 Å². The second-order valence-electron chi connectivity index (χ2n) is 5.26. The van der Waals surface area contributed by atoms with Crippen LogP contribution in [0.3, 0.4) is 0 Å². The number of ether oxygens (including phenoxy) is 1. The van der Waals surface area contributed by atoms with Gasteiger partial charge in [-0.2, -0.15) is 0 Å². The molecule has 0 saturated heterocycles. The molecule has 0 aromatic heterocycles. The number of nitrogens with one attached hydrogen (secondary N) is 1. The van der Waals surface area contributed by atoms with E-state index in [1.165, 1.54) is 12.1 Å². The van der Waals surface area contributed by atoms with Gasteiger partial charge in [0.25, 0.3) is 11.4 Å². The molecule has 1 N–H and O–H groups in total. The van der Waals surface area contributed by atoms with Crippen molar-refractivity contribution < 1.29 is 14.6 Å². The predicted octanol–water partition coefficient (Wildman–Crippen LogP) is 3.61. The smallest absolute Gasteiger partial charge is 0.299 e. The average Bonchev–Trinajstić information content (AvgIpc) is 2.52. The lowest BCUT2D eigenvalue weighted by Gasteiger charge is -2.11. The summed E-state index contributed by atoms with van der Waals surface area (Å²) in [5, 5.41) is 24.6. The molecule has 0 bridgehead atoms. The van der Waals surface area contributed by atoms with Gasteiger partial charge in [-0.1, -0.05) is 17.7 Å². The third-order valence-electron chi connectivity index (χ3n) is 3.39. The summed E-state index contributed by atoms with van der Waals surface area (Å²) in [6.45, 7) is 4.56. The number of benzene rings is 2. The molecule has 8 nitrogen and oxygen atoms in total. The van der Waals surface area contributed by atoms with Gasteiger partial charge in [-0.25, -0.2) is 0 Å². The molecule has 0 aliphatic carbocycles. The summed E-state index contributed by atoms with van der Waals surface area (Å²) in [6.07, 6.45) is 0. The monoisotopic (exact) mass is 331 g/mol. The molecule has 0 aliphatic rings. The molecule has 0 heterocycles. The minimum Gasteiger partial charge on any atom is -0.491 e. The number of non-ortho nitro benzene ring substituents is 1. The highest BCUT2D eigenvalue weighted by Crippen LogP contribution is 2.28. The normalized spacial score (nSPS) is 10.2. The highest BCUT2D eigenvalue weighted by Gasteiger charge is 2.19. The highest BCUT2D eigenvalue weighted by molar-refractivity contribution is 5.65. The molecule has 2 aromatic carbocycles. The maximum absolute atomic E-state index is 11.0. The summed E-state index contributed by atoms with van der Waals surface area (Å²) in [5.41, 5.74) is 1.71. The minimum atomic E-state index is -0.667.